The summed E-state index contributed by atoms with van der Waals surface area (Å²) in [4.78, 5) is 6.16. The number of anilines is 2. The lowest BCUT2D eigenvalue weighted by Gasteiger charge is -2.15. The average molecular weight is 257 g/mol. The molecule has 0 radical (unpaired) electrons. The molecule has 0 N–H and O–H groups in total. The van der Waals surface area contributed by atoms with Crippen LogP contribution in [0.5, 0.6) is 0 Å². The quantitative estimate of drug-likeness (QED) is 0.777. The highest BCUT2D eigenvalue weighted by molar-refractivity contribution is 7.13. The fourth-order valence-electron chi connectivity index (χ4n) is 1.31. The maximum absolute atomic E-state index is 13.0. The van der Waals surface area contributed by atoms with Gasteiger partial charge in [-0.3, -0.25) is 0 Å². The minimum atomic E-state index is -0.251. The molecular weight excluding hydrogens is 247 g/mol. The van der Waals surface area contributed by atoms with Gasteiger partial charge in [0.2, 0.25) is 0 Å². The van der Waals surface area contributed by atoms with E-state index in [4.69, 9.17) is 11.6 Å². The molecule has 16 heavy (non-hydrogen) atoms. The maximum Gasteiger partial charge on any atom is 0.189 e. The number of hydrogen-bond acceptors (Lipinski definition) is 3. The Kier molecular flexibility index (Phi) is 3.41. The molecular formula is C11H10ClFN2S. The van der Waals surface area contributed by atoms with E-state index in [0.29, 0.717) is 5.88 Å². The lowest BCUT2D eigenvalue weighted by atomic mass is 10.3. The Morgan fingerprint density at radius 2 is 2.31 bits per heavy atom. The number of nitrogens with zero attached hydrogens (tertiary/aromatic N) is 2. The van der Waals surface area contributed by atoms with Gasteiger partial charge in [0.15, 0.2) is 5.13 Å². The number of aromatic nitrogens is 1. The molecule has 5 heteroatoms. The third-order valence-corrected chi connectivity index (χ3v) is 3.40. The minimum Gasteiger partial charge on any atom is -0.321 e. The Bertz CT molecular complexity index is 486. The van der Waals surface area contributed by atoms with Crippen molar-refractivity contribution in [3.63, 3.8) is 0 Å². The van der Waals surface area contributed by atoms with Crippen molar-refractivity contribution in [2.45, 2.75) is 5.88 Å². The molecule has 0 saturated heterocycles. The molecule has 1 aromatic heterocycles. The van der Waals surface area contributed by atoms with E-state index in [1.165, 1.54) is 23.5 Å². The molecule has 0 aliphatic heterocycles. The van der Waals surface area contributed by atoms with Crippen LogP contribution in [-0.4, -0.2) is 12.0 Å². The third kappa shape index (κ3) is 2.33. The molecule has 84 valence electrons. The zero-order valence-electron chi connectivity index (χ0n) is 8.65. The first-order chi connectivity index (χ1) is 7.70. The van der Waals surface area contributed by atoms with Crippen molar-refractivity contribution in [3.05, 3.63) is 41.2 Å². The summed E-state index contributed by atoms with van der Waals surface area (Å²) in [5.74, 6) is 0.145. The van der Waals surface area contributed by atoms with Crippen LogP contribution in [0.3, 0.4) is 0 Å². The van der Waals surface area contributed by atoms with E-state index in [1.54, 1.807) is 6.07 Å². The topological polar surface area (TPSA) is 16.1 Å². The highest BCUT2D eigenvalue weighted by Crippen LogP contribution is 2.27. The van der Waals surface area contributed by atoms with Crippen molar-refractivity contribution in [2.75, 3.05) is 11.9 Å². The molecule has 1 heterocycles. The van der Waals surface area contributed by atoms with E-state index in [-0.39, 0.29) is 5.82 Å². The lowest BCUT2D eigenvalue weighted by Crippen LogP contribution is -2.09. The average Bonchev–Trinajstić information content (AvgIpc) is 2.76. The van der Waals surface area contributed by atoms with Crippen LogP contribution < -0.4 is 4.90 Å². The zero-order chi connectivity index (χ0) is 11.5. The van der Waals surface area contributed by atoms with Gasteiger partial charge >= 0.3 is 0 Å². The van der Waals surface area contributed by atoms with Crippen LogP contribution in [0.15, 0.2) is 29.6 Å². The Morgan fingerprint density at radius 1 is 1.50 bits per heavy atom. The molecule has 2 rings (SSSR count). The van der Waals surface area contributed by atoms with E-state index < -0.39 is 0 Å². The summed E-state index contributed by atoms with van der Waals surface area (Å²) in [5.41, 5.74) is 1.61. The van der Waals surface area contributed by atoms with Crippen LogP contribution in [0.1, 0.15) is 5.69 Å². The van der Waals surface area contributed by atoms with E-state index >= 15 is 0 Å². The van der Waals surface area contributed by atoms with Gasteiger partial charge in [0, 0.05) is 18.1 Å². The molecule has 2 nitrogen and oxygen atoms in total. The van der Waals surface area contributed by atoms with Gasteiger partial charge in [-0.25, -0.2) is 9.37 Å². The maximum atomic E-state index is 13.0. The highest BCUT2D eigenvalue weighted by Gasteiger charge is 2.08. The van der Waals surface area contributed by atoms with Gasteiger partial charge < -0.3 is 4.90 Å². The predicted molar refractivity (Wildman–Crippen MR) is 66.1 cm³/mol. The van der Waals surface area contributed by atoms with Crippen molar-refractivity contribution in [1.82, 2.24) is 4.98 Å². The second kappa shape index (κ2) is 4.80. The second-order valence-electron chi connectivity index (χ2n) is 3.29. The second-order valence-corrected chi connectivity index (χ2v) is 4.40. The number of alkyl halides is 1. The van der Waals surface area contributed by atoms with Gasteiger partial charge in [-0.2, -0.15) is 0 Å². The summed E-state index contributed by atoms with van der Waals surface area (Å²) in [6.45, 7) is 0. The highest BCUT2D eigenvalue weighted by atomic mass is 35.5. The van der Waals surface area contributed by atoms with Crippen LogP contribution in [0, 0.1) is 5.82 Å². The normalized spacial score (nSPS) is 10.4. The van der Waals surface area contributed by atoms with Crippen molar-refractivity contribution in [2.24, 2.45) is 0 Å². The zero-order valence-corrected chi connectivity index (χ0v) is 10.2. The number of halogens is 2. The fourth-order valence-corrected chi connectivity index (χ4v) is 2.35. The van der Waals surface area contributed by atoms with E-state index in [9.17, 15) is 4.39 Å². The van der Waals surface area contributed by atoms with Crippen molar-refractivity contribution in [3.8, 4) is 0 Å². The summed E-state index contributed by atoms with van der Waals surface area (Å²) in [7, 11) is 1.85. The molecule has 2 aromatic rings. The minimum absolute atomic E-state index is 0.251. The molecule has 0 aliphatic carbocycles. The monoisotopic (exact) mass is 256 g/mol. The predicted octanol–water partition coefficient (Wildman–Crippen LogP) is 3.79. The Labute approximate surface area is 102 Å². The SMILES string of the molecule is CN(c1cccc(F)c1)c1nc(CCl)cs1. The van der Waals surface area contributed by atoms with Crippen molar-refractivity contribution >= 4 is 33.8 Å². The molecule has 0 fully saturated rings. The van der Waals surface area contributed by atoms with Crippen LogP contribution >= 0.6 is 22.9 Å². The first-order valence-corrected chi connectivity index (χ1v) is 6.12. The van der Waals surface area contributed by atoms with Gasteiger partial charge in [-0.15, -0.1) is 22.9 Å². The Hall–Kier alpha value is -1.13. The van der Waals surface area contributed by atoms with Crippen molar-refractivity contribution < 1.29 is 4.39 Å². The van der Waals surface area contributed by atoms with Crippen LogP contribution in [-0.2, 0) is 5.88 Å². The molecule has 1 aromatic carbocycles. The number of rotatable bonds is 3. The first-order valence-electron chi connectivity index (χ1n) is 4.70. The first kappa shape index (κ1) is 11.4. The molecule has 0 atom stereocenters. The molecule has 0 spiro atoms. The summed E-state index contributed by atoms with van der Waals surface area (Å²) < 4.78 is 13.0. The summed E-state index contributed by atoms with van der Waals surface area (Å²) in [6.07, 6.45) is 0. The van der Waals surface area contributed by atoms with Crippen LogP contribution in [0.4, 0.5) is 15.2 Å². The number of hydrogen-bond donors (Lipinski definition) is 0. The van der Waals surface area contributed by atoms with Crippen LogP contribution in [0.2, 0.25) is 0 Å². The summed E-state index contributed by atoms with van der Waals surface area (Å²) >= 11 is 7.17. The van der Waals surface area contributed by atoms with Gasteiger partial charge in [0.05, 0.1) is 11.6 Å². The van der Waals surface area contributed by atoms with Crippen LogP contribution in [0.25, 0.3) is 0 Å². The van der Waals surface area contributed by atoms with E-state index in [2.05, 4.69) is 4.98 Å². The molecule has 0 bridgehead atoms. The standard InChI is InChI=1S/C11H10ClFN2S/c1-15(10-4-2-3-8(13)5-10)11-14-9(6-12)7-16-11/h2-5,7H,6H2,1H3. The Balaban J connectivity index is 2.27. The summed E-state index contributed by atoms with van der Waals surface area (Å²) in [6, 6.07) is 6.41. The van der Waals surface area contributed by atoms with Gasteiger partial charge in [-0.05, 0) is 18.2 Å². The number of benzene rings is 1. The fraction of sp³-hybridized carbons (Fsp3) is 0.182. The van der Waals surface area contributed by atoms with Gasteiger partial charge in [-0.1, -0.05) is 6.07 Å². The largest absolute Gasteiger partial charge is 0.321 e. The van der Waals surface area contributed by atoms with Gasteiger partial charge in [0.25, 0.3) is 0 Å². The van der Waals surface area contributed by atoms with Gasteiger partial charge in [0.1, 0.15) is 5.82 Å². The lowest BCUT2D eigenvalue weighted by molar-refractivity contribution is 0.628. The Morgan fingerprint density at radius 3 is 2.94 bits per heavy atom. The molecule has 0 saturated carbocycles. The van der Waals surface area contributed by atoms with E-state index in [0.717, 1.165) is 16.5 Å². The molecule has 0 amide bonds. The van der Waals surface area contributed by atoms with Crippen molar-refractivity contribution in [1.29, 1.82) is 0 Å². The smallest absolute Gasteiger partial charge is 0.189 e. The molecule has 0 aliphatic rings. The third-order valence-electron chi connectivity index (χ3n) is 2.16. The molecule has 0 unspecified atom stereocenters. The number of thiazole rings is 1. The summed E-state index contributed by atoms with van der Waals surface area (Å²) in [5, 5.41) is 2.71. The van der Waals surface area contributed by atoms with E-state index in [1.807, 2.05) is 23.4 Å².